The van der Waals surface area contributed by atoms with E-state index in [4.69, 9.17) is 14.6 Å². The van der Waals surface area contributed by atoms with Crippen molar-refractivity contribution in [3.63, 3.8) is 0 Å². The summed E-state index contributed by atoms with van der Waals surface area (Å²) in [4.78, 5) is 11.3. The molecule has 5 heteroatoms. The van der Waals surface area contributed by atoms with Crippen LogP contribution in [-0.2, 0) is 16.1 Å². The number of carbonyl (C=O) groups is 1. The fourth-order valence-electron chi connectivity index (χ4n) is 1.20. The molecule has 0 aliphatic carbocycles. The third-order valence-corrected chi connectivity index (χ3v) is 1.99. The van der Waals surface area contributed by atoms with E-state index in [0.717, 1.165) is 5.56 Å². The smallest absolute Gasteiger partial charge is 0.409 e. The van der Waals surface area contributed by atoms with Crippen LogP contribution in [0.2, 0.25) is 0 Å². The van der Waals surface area contributed by atoms with Gasteiger partial charge in [-0.15, -0.1) is 0 Å². The Morgan fingerprint density at radius 3 is 2.76 bits per heavy atom. The number of hydrogen-bond acceptors (Lipinski definition) is 4. The van der Waals surface area contributed by atoms with Gasteiger partial charge >= 0.3 is 6.09 Å². The minimum atomic E-state index is -0.542. The van der Waals surface area contributed by atoms with Crippen molar-refractivity contribution in [2.45, 2.75) is 19.8 Å². The molecule has 1 atom stereocenters. The lowest BCUT2D eigenvalue weighted by molar-refractivity contribution is 0.0172. The van der Waals surface area contributed by atoms with E-state index in [1.807, 2.05) is 30.3 Å². The third-order valence-electron chi connectivity index (χ3n) is 1.99. The van der Waals surface area contributed by atoms with E-state index in [-0.39, 0.29) is 19.8 Å². The maximum absolute atomic E-state index is 11.3. The van der Waals surface area contributed by atoms with E-state index in [0.29, 0.717) is 0 Å². The highest BCUT2D eigenvalue weighted by Gasteiger charge is 2.07. The van der Waals surface area contributed by atoms with Gasteiger partial charge in [0.25, 0.3) is 0 Å². The van der Waals surface area contributed by atoms with Gasteiger partial charge in [-0.05, 0) is 12.5 Å². The summed E-state index contributed by atoms with van der Waals surface area (Å²) in [5, 5.41) is 11.0. The molecular weight excluding hydrogens is 222 g/mol. The number of carbonyl (C=O) groups excluding carboxylic acids is 1. The Balaban J connectivity index is 2.21. The molecule has 1 aromatic rings. The molecule has 2 N–H and O–H groups in total. The number of nitrogens with one attached hydrogen (secondary N) is 1. The topological polar surface area (TPSA) is 67.8 Å². The van der Waals surface area contributed by atoms with Crippen molar-refractivity contribution < 1.29 is 19.4 Å². The first-order chi connectivity index (χ1) is 8.22. The summed E-state index contributed by atoms with van der Waals surface area (Å²) in [6.45, 7) is 1.99. The average molecular weight is 239 g/mol. The molecule has 1 rings (SSSR count). The van der Waals surface area contributed by atoms with Gasteiger partial charge in [-0.3, -0.25) is 5.32 Å². The fraction of sp³-hybridized carbons (Fsp3) is 0.417. The van der Waals surface area contributed by atoms with E-state index >= 15 is 0 Å². The van der Waals surface area contributed by atoms with Gasteiger partial charge in [-0.25, -0.2) is 4.79 Å². The van der Waals surface area contributed by atoms with E-state index in [1.54, 1.807) is 6.92 Å². The summed E-state index contributed by atoms with van der Waals surface area (Å²) < 4.78 is 10.0. The van der Waals surface area contributed by atoms with Crippen molar-refractivity contribution in [2.24, 2.45) is 0 Å². The molecular formula is C12H17NO4. The summed E-state index contributed by atoms with van der Waals surface area (Å²) in [5.41, 5.74) is 0.923. The maximum Gasteiger partial charge on any atom is 0.409 e. The molecule has 0 bridgehead atoms. The van der Waals surface area contributed by atoms with Crippen molar-refractivity contribution in [3.05, 3.63) is 35.9 Å². The highest BCUT2D eigenvalue weighted by Crippen LogP contribution is 2.00. The molecule has 0 heterocycles. The quantitative estimate of drug-likeness (QED) is 0.733. The first-order valence-electron chi connectivity index (χ1n) is 5.42. The molecule has 0 aliphatic rings. The van der Waals surface area contributed by atoms with Gasteiger partial charge in [0.2, 0.25) is 0 Å². The molecule has 5 nitrogen and oxygen atoms in total. The van der Waals surface area contributed by atoms with Crippen LogP contribution < -0.4 is 5.32 Å². The number of benzene rings is 1. The maximum atomic E-state index is 11.3. The standard InChI is InChI=1S/C12H17NO4/c1-10(16-8-7-14)13-12(15)17-9-11-5-3-2-4-6-11/h2-6,10,14H,7-9H2,1H3,(H,13,15). The first-order valence-corrected chi connectivity index (χ1v) is 5.42. The van der Waals surface area contributed by atoms with Gasteiger partial charge in [0, 0.05) is 0 Å². The predicted octanol–water partition coefficient (Wildman–Crippen LogP) is 1.27. The monoisotopic (exact) mass is 239 g/mol. The number of aliphatic hydroxyl groups excluding tert-OH is 1. The number of ether oxygens (including phenoxy) is 2. The van der Waals surface area contributed by atoms with Crippen molar-refractivity contribution >= 4 is 6.09 Å². The molecule has 0 aliphatic heterocycles. The van der Waals surface area contributed by atoms with Crippen LogP contribution in [0.5, 0.6) is 0 Å². The van der Waals surface area contributed by atoms with Crippen LogP contribution in [0.1, 0.15) is 12.5 Å². The molecule has 17 heavy (non-hydrogen) atoms. The minimum absolute atomic E-state index is 0.0783. The summed E-state index contributed by atoms with van der Waals surface area (Å²) in [7, 11) is 0. The van der Waals surface area contributed by atoms with Crippen LogP contribution in [-0.4, -0.2) is 30.6 Å². The molecule has 0 spiro atoms. The molecule has 0 radical (unpaired) electrons. The van der Waals surface area contributed by atoms with E-state index in [1.165, 1.54) is 0 Å². The van der Waals surface area contributed by atoms with Gasteiger partial charge in [0.05, 0.1) is 13.2 Å². The van der Waals surface area contributed by atoms with Crippen LogP contribution in [0.25, 0.3) is 0 Å². The summed E-state index contributed by atoms with van der Waals surface area (Å²) in [6, 6.07) is 9.40. The van der Waals surface area contributed by atoms with E-state index < -0.39 is 12.3 Å². The Morgan fingerprint density at radius 2 is 2.12 bits per heavy atom. The second-order valence-electron chi connectivity index (χ2n) is 3.44. The molecule has 1 aromatic carbocycles. The summed E-state index contributed by atoms with van der Waals surface area (Å²) >= 11 is 0. The number of alkyl carbamates (subject to hydrolysis) is 1. The normalized spacial score (nSPS) is 11.9. The first kappa shape index (κ1) is 13.5. The minimum Gasteiger partial charge on any atom is -0.445 e. The van der Waals surface area contributed by atoms with Crippen LogP contribution in [0.3, 0.4) is 0 Å². The SMILES string of the molecule is CC(NC(=O)OCc1ccccc1)OCCO. The van der Waals surface area contributed by atoms with Crippen molar-refractivity contribution in [1.82, 2.24) is 5.32 Å². The van der Waals surface area contributed by atoms with Crippen molar-refractivity contribution in [2.75, 3.05) is 13.2 Å². The van der Waals surface area contributed by atoms with E-state index in [9.17, 15) is 4.79 Å². The Kier molecular flexibility index (Phi) is 6.06. The zero-order valence-electron chi connectivity index (χ0n) is 9.76. The molecule has 0 aromatic heterocycles. The number of rotatable bonds is 6. The Hall–Kier alpha value is -1.59. The number of aliphatic hydroxyl groups is 1. The lowest BCUT2D eigenvalue weighted by Gasteiger charge is -2.14. The van der Waals surface area contributed by atoms with E-state index in [2.05, 4.69) is 5.32 Å². The van der Waals surface area contributed by atoms with Crippen molar-refractivity contribution in [3.8, 4) is 0 Å². The van der Waals surface area contributed by atoms with Gasteiger partial charge < -0.3 is 14.6 Å². The van der Waals surface area contributed by atoms with Gasteiger partial charge in [-0.2, -0.15) is 0 Å². The molecule has 1 amide bonds. The zero-order chi connectivity index (χ0) is 12.5. The molecule has 0 saturated heterocycles. The molecule has 94 valence electrons. The third kappa shape index (κ3) is 5.89. The highest BCUT2D eigenvalue weighted by atomic mass is 16.6. The zero-order valence-corrected chi connectivity index (χ0v) is 9.76. The van der Waals surface area contributed by atoms with Gasteiger partial charge in [0.1, 0.15) is 12.8 Å². The molecule has 0 saturated carbocycles. The Labute approximate surface area is 100 Å². The Bertz CT molecular complexity index is 329. The predicted molar refractivity (Wildman–Crippen MR) is 62.3 cm³/mol. The Morgan fingerprint density at radius 1 is 1.41 bits per heavy atom. The van der Waals surface area contributed by atoms with Gasteiger partial charge in [0.15, 0.2) is 0 Å². The second kappa shape index (κ2) is 7.65. The van der Waals surface area contributed by atoms with Crippen LogP contribution in [0.15, 0.2) is 30.3 Å². The highest BCUT2D eigenvalue weighted by molar-refractivity contribution is 5.67. The van der Waals surface area contributed by atoms with Crippen molar-refractivity contribution in [1.29, 1.82) is 0 Å². The largest absolute Gasteiger partial charge is 0.445 e. The van der Waals surface area contributed by atoms with Gasteiger partial charge in [-0.1, -0.05) is 30.3 Å². The second-order valence-corrected chi connectivity index (χ2v) is 3.44. The molecule has 0 fully saturated rings. The van der Waals surface area contributed by atoms with Crippen LogP contribution in [0, 0.1) is 0 Å². The lowest BCUT2D eigenvalue weighted by Crippen LogP contribution is -2.35. The average Bonchev–Trinajstić information content (AvgIpc) is 2.35. The fourth-order valence-corrected chi connectivity index (χ4v) is 1.20. The lowest BCUT2D eigenvalue weighted by atomic mass is 10.2. The molecule has 1 unspecified atom stereocenters. The summed E-state index contributed by atoms with van der Waals surface area (Å²) in [5.74, 6) is 0. The number of amides is 1. The number of hydrogen-bond donors (Lipinski definition) is 2. The summed E-state index contributed by atoms with van der Waals surface area (Å²) in [6.07, 6.45) is -1.02. The van der Waals surface area contributed by atoms with Crippen LogP contribution in [0.4, 0.5) is 4.79 Å². The van der Waals surface area contributed by atoms with Crippen LogP contribution >= 0.6 is 0 Å².